The van der Waals surface area contributed by atoms with E-state index in [1.54, 1.807) is 0 Å². The third kappa shape index (κ3) is 4.32. The van der Waals surface area contributed by atoms with E-state index in [2.05, 4.69) is 10.4 Å². The lowest BCUT2D eigenvalue weighted by Crippen LogP contribution is -2.33. The zero-order valence-electron chi connectivity index (χ0n) is 16.0. The first kappa shape index (κ1) is 19.7. The molecule has 0 atom stereocenters. The van der Waals surface area contributed by atoms with Crippen LogP contribution in [0.15, 0.2) is 83.8 Å². The van der Waals surface area contributed by atoms with Crippen molar-refractivity contribution in [1.29, 1.82) is 0 Å². The van der Waals surface area contributed by atoms with Crippen LogP contribution >= 0.6 is 35.3 Å². The van der Waals surface area contributed by atoms with Gasteiger partial charge in [0.2, 0.25) is 5.13 Å². The second kappa shape index (κ2) is 8.50. The minimum atomic E-state index is -0.205. The second-order valence-corrected chi connectivity index (χ2v) is 9.31. The lowest BCUT2D eigenvalue weighted by Gasteiger charge is -2.14. The Kier molecular flexibility index (Phi) is 5.42. The number of hydrazine groups is 1. The maximum absolute atomic E-state index is 12.9. The Hall–Kier alpha value is -3.20. The van der Waals surface area contributed by atoms with Gasteiger partial charge >= 0.3 is 0 Å². The number of hydrogen-bond acceptors (Lipinski definition) is 7. The molecule has 1 fully saturated rings. The number of benzene rings is 3. The zero-order chi connectivity index (χ0) is 21.2. The first-order chi connectivity index (χ1) is 15.2. The molecule has 1 aromatic heterocycles. The third-order valence-electron chi connectivity index (χ3n) is 4.43. The molecular formula is C23H15N3O2S3. The molecule has 0 aliphatic carbocycles. The number of anilines is 1. The predicted octanol–water partition coefficient (Wildman–Crippen LogP) is 6.32. The summed E-state index contributed by atoms with van der Waals surface area (Å²) in [6.07, 6.45) is 1.82. The number of thioether (sulfide) groups is 1. The number of amides is 1. The van der Waals surface area contributed by atoms with Gasteiger partial charge in [-0.05, 0) is 60.3 Å². The number of thiazole rings is 1. The lowest BCUT2D eigenvalue weighted by atomic mass is 10.2. The van der Waals surface area contributed by atoms with Crippen molar-refractivity contribution >= 4 is 67.0 Å². The van der Waals surface area contributed by atoms with Crippen LogP contribution in [0.4, 0.5) is 5.13 Å². The van der Waals surface area contributed by atoms with Crippen LogP contribution in [0.3, 0.4) is 0 Å². The highest BCUT2D eigenvalue weighted by atomic mass is 32.2. The van der Waals surface area contributed by atoms with Gasteiger partial charge in [0, 0.05) is 0 Å². The quantitative estimate of drug-likeness (QED) is 0.277. The topological polar surface area (TPSA) is 54.5 Å². The van der Waals surface area contributed by atoms with Gasteiger partial charge in [-0.1, -0.05) is 65.6 Å². The fourth-order valence-electron chi connectivity index (χ4n) is 3.02. The van der Waals surface area contributed by atoms with Gasteiger partial charge < -0.3 is 4.74 Å². The highest BCUT2D eigenvalue weighted by Crippen LogP contribution is 2.35. The molecule has 1 aliphatic heterocycles. The molecule has 1 amide bonds. The van der Waals surface area contributed by atoms with Crippen molar-refractivity contribution in [1.82, 2.24) is 9.99 Å². The van der Waals surface area contributed by atoms with Crippen molar-refractivity contribution in [3.8, 4) is 11.5 Å². The highest BCUT2D eigenvalue weighted by Gasteiger charge is 2.33. The Balaban J connectivity index is 1.34. The summed E-state index contributed by atoms with van der Waals surface area (Å²) in [4.78, 5) is 18.0. The van der Waals surface area contributed by atoms with E-state index >= 15 is 0 Å². The van der Waals surface area contributed by atoms with E-state index in [1.807, 2.05) is 84.9 Å². The molecular weight excluding hydrogens is 446 g/mol. The predicted molar refractivity (Wildman–Crippen MR) is 131 cm³/mol. The normalized spacial score (nSPS) is 15.1. The van der Waals surface area contributed by atoms with Gasteiger partial charge in [0.1, 0.15) is 11.5 Å². The number of carbonyl (C=O) groups excluding carboxylic acids is 1. The van der Waals surface area contributed by atoms with Crippen LogP contribution in [0.1, 0.15) is 5.56 Å². The van der Waals surface area contributed by atoms with Crippen LogP contribution in [0.25, 0.3) is 16.3 Å². The second-order valence-electron chi connectivity index (χ2n) is 6.60. The molecule has 0 spiro atoms. The number of carbonyl (C=O) groups is 1. The Morgan fingerprint density at radius 2 is 1.74 bits per heavy atom. The van der Waals surface area contributed by atoms with Gasteiger partial charge in [0.05, 0.1) is 15.1 Å². The van der Waals surface area contributed by atoms with E-state index in [0.29, 0.717) is 20.1 Å². The lowest BCUT2D eigenvalue weighted by molar-refractivity contribution is -0.121. The molecule has 1 saturated heterocycles. The van der Waals surface area contributed by atoms with Crippen LogP contribution < -0.4 is 10.2 Å². The summed E-state index contributed by atoms with van der Waals surface area (Å²) in [6.45, 7) is 0. The SMILES string of the molecule is O=C1/C(=C/c2cccc(Oc3ccccc3)c2)SC(=S)N1Nc1nc2ccccc2s1. The standard InChI is InChI=1S/C23H15N3O2S3/c27-21-20(14-15-7-6-10-17(13-15)28-16-8-2-1-3-9-16)31-23(29)26(21)25-22-24-18-11-4-5-12-19(18)30-22/h1-14H,(H,24,25)/b20-14-. The van der Waals surface area contributed by atoms with Gasteiger partial charge in [-0.15, -0.1) is 0 Å². The summed E-state index contributed by atoms with van der Waals surface area (Å²) in [5.74, 6) is 1.25. The first-order valence-corrected chi connectivity index (χ1v) is 11.4. The summed E-state index contributed by atoms with van der Waals surface area (Å²) in [5, 5.41) is 1.99. The summed E-state index contributed by atoms with van der Waals surface area (Å²) >= 11 is 8.15. The van der Waals surface area contributed by atoms with Gasteiger partial charge in [-0.3, -0.25) is 10.2 Å². The number of para-hydroxylation sites is 2. The molecule has 0 radical (unpaired) electrons. The van der Waals surface area contributed by atoms with Crippen molar-refractivity contribution in [2.45, 2.75) is 0 Å². The Morgan fingerprint density at radius 1 is 0.968 bits per heavy atom. The van der Waals surface area contributed by atoms with Crippen LogP contribution in [0, 0.1) is 0 Å². The Morgan fingerprint density at radius 3 is 2.58 bits per heavy atom. The molecule has 0 unspecified atom stereocenters. The fourth-order valence-corrected chi connectivity index (χ4v) is 5.06. The molecule has 1 N–H and O–H groups in total. The van der Waals surface area contributed by atoms with Gasteiger partial charge in [0.25, 0.3) is 5.91 Å². The molecule has 3 aromatic carbocycles. The number of nitrogens with zero attached hydrogens (tertiary/aromatic N) is 2. The molecule has 4 aromatic rings. The van der Waals surface area contributed by atoms with Gasteiger partial charge in [-0.25, -0.2) is 4.98 Å². The highest BCUT2D eigenvalue weighted by molar-refractivity contribution is 8.26. The molecule has 0 bridgehead atoms. The molecule has 8 heteroatoms. The number of nitrogens with one attached hydrogen (secondary N) is 1. The summed E-state index contributed by atoms with van der Waals surface area (Å²) in [6, 6.07) is 25.0. The Bertz CT molecular complexity index is 1280. The number of thiocarbonyl (C=S) groups is 1. The van der Waals surface area contributed by atoms with Crippen LogP contribution in [-0.4, -0.2) is 20.2 Å². The first-order valence-electron chi connectivity index (χ1n) is 9.39. The minimum absolute atomic E-state index is 0.205. The number of hydrogen-bond donors (Lipinski definition) is 1. The molecule has 31 heavy (non-hydrogen) atoms. The zero-order valence-corrected chi connectivity index (χ0v) is 18.5. The summed E-state index contributed by atoms with van der Waals surface area (Å²) < 4.78 is 7.36. The monoisotopic (exact) mass is 461 g/mol. The number of aromatic nitrogens is 1. The largest absolute Gasteiger partial charge is 0.457 e. The van der Waals surface area contributed by atoms with E-state index in [0.717, 1.165) is 21.5 Å². The smallest absolute Gasteiger partial charge is 0.285 e. The summed E-state index contributed by atoms with van der Waals surface area (Å²) in [7, 11) is 0. The molecule has 1 aliphatic rings. The molecule has 5 nitrogen and oxygen atoms in total. The van der Waals surface area contributed by atoms with Crippen molar-refractivity contribution in [2.75, 3.05) is 5.43 Å². The summed E-state index contributed by atoms with van der Waals surface area (Å²) in [5.41, 5.74) is 4.79. The minimum Gasteiger partial charge on any atom is -0.457 e. The number of rotatable bonds is 5. The maximum atomic E-state index is 12.9. The van der Waals surface area contributed by atoms with Gasteiger partial charge in [0.15, 0.2) is 4.32 Å². The fraction of sp³-hybridized carbons (Fsp3) is 0. The van der Waals surface area contributed by atoms with Crippen LogP contribution in [0.5, 0.6) is 11.5 Å². The van der Waals surface area contributed by atoms with Crippen LogP contribution in [0.2, 0.25) is 0 Å². The molecule has 2 heterocycles. The van der Waals surface area contributed by atoms with E-state index < -0.39 is 0 Å². The number of ether oxygens (including phenoxy) is 1. The van der Waals surface area contributed by atoms with Gasteiger partial charge in [-0.2, -0.15) is 5.01 Å². The van der Waals surface area contributed by atoms with E-state index in [-0.39, 0.29) is 5.91 Å². The third-order valence-corrected chi connectivity index (χ3v) is 6.67. The average Bonchev–Trinajstić information content (AvgIpc) is 3.30. The molecule has 0 saturated carbocycles. The molecule has 152 valence electrons. The number of fused-ring (bicyclic) bond motifs is 1. The van der Waals surface area contributed by atoms with Crippen LogP contribution in [-0.2, 0) is 4.79 Å². The van der Waals surface area contributed by atoms with Crippen molar-refractivity contribution in [2.24, 2.45) is 0 Å². The Labute approximate surface area is 192 Å². The van der Waals surface area contributed by atoms with E-state index in [1.165, 1.54) is 28.1 Å². The van der Waals surface area contributed by atoms with E-state index in [4.69, 9.17) is 17.0 Å². The van der Waals surface area contributed by atoms with E-state index in [9.17, 15) is 4.79 Å². The maximum Gasteiger partial charge on any atom is 0.285 e. The van der Waals surface area contributed by atoms with Crippen molar-refractivity contribution < 1.29 is 9.53 Å². The van der Waals surface area contributed by atoms with Crippen molar-refractivity contribution in [3.05, 3.63) is 89.3 Å². The van der Waals surface area contributed by atoms with Crippen molar-refractivity contribution in [3.63, 3.8) is 0 Å². The average molecular weight is 462 g/mol. The molecule has 5 rings (SSSR count).